The van der Waals surface area contributed by atoms with Gasteiger partial charge in [0.1, 0.15) is 11.2 Å². The number of nitrogens with zero attached hydrogens (tertiary/aromatic N) is 12. The van der Waals surface area contributed by atoms with Gasteiger partial charge in [-0.2, -0.15) is 0 Å². The maximum absolute atomic E-state index is 6.45. The predicted molar refractivity (Wildman–Crippen MR) is 586 cm³/mol. The van der Waals surface area contributed by atoms with Crippen LogP contribution in [-0.2, 0) is 0 Å². The summed E-state index contributed by atoms with van der Waals surface area (Å²) >= 11 is 1.87. The summed E-state index contributed by atoms with van der Waals surface area (Å²) in [5.74, 6) is 4.51. The van der Waals surface area contributed by atoms with Crippen LogP contribution in [0.25, 0.3) is 265 Å². The fourth-order valence-electron chi connectivity index (χ4n) is 20.7. The highest BCUT2D eigenvalue weighted by molar-refractivity contribution is 7.26. The van der Waals surface area contributed by atoms with Crippen LogP contribution in [0.2, 0.25) is 0 Å². The Kier molecular flexibility index (Phi) is 20.1. The average Bonchev–Trinajstić information content (AvgIpc) is 1.56. The first-order chi connectivity index (χ1) is 70.4. The highest BCUT2D eigenvalue weighted by Crippen LogP contribution is 2.47. The zero-order valence-electron chi connectivity index (χ0n) is 76.4. The number of para-hydroxylation sites is 8. The summed E-state index contributed by atoms with van der Waals surface area (Å²) in [6.45, 7) is 0. The lowest BCUT2D eigenvalue weighted by Gasteiger charge is -2.12. The number of rotatable bonds is 13. The molecule has 14 heteroatoms. The Morgan fingerprint density at radius 2 is 0.542 bits per heavy atom. The molecule has 29 aromatic rings. The number of hydrogen-bond acceptors (Lipinski definition) is 10. The van der Waals surface area contributed by atoms with Gasteiger partial charge in [-0.1, -0.05) is 376 Å². The van der Waals surface area contributed by atoms with E-state index in [1.165, 1.54) is 79.9 Å². The lowest BCUT2D eigenvalue weighted by atomic mass is 10.0. The summed E-state index contributed by atoms with van der Waals surface area (Å²) in [6.07, 6.45) is 0. The van der Waals surface area contributed by atoms with Gasteiger partial charge in [-0.25, -0.2) is 39.9 Å². The molecule has 0 spiro atoms. The van der Waals surface area contributed by atoms with Crippen molar-refractivity contribution in [1.82, 2.24) is 58.1 Å². The summed E-state index contributed by atoms with van der Waals surface area (Å²) in [5, 5.41) is 15.6. The van der Waals surface area contributed by atoms with E-state index >= 15 is 0 Å². The fourth-order valence-corrected chi connectivity index (χ4v) is 21.9. The van der Waals surface area contributed by atoms with Gasteiger partial charge >= 0.3 is 0 Å². The van der Waals surface area contributed by atoms with Gasteiger partial charge in [0, 0.05) is 141 Å². The van der Waals surface area contributed by atoms with E-state index in [1.54, 1.807) is 0 Å². The molecule has 0 atom stereocenters. The molecule has 0 radical (unpaired) electrons. The van der Waals surface area contributed by atoms with Crippen molar-refractivity contribution in [2.45, 2.75) is 0 Å². The number of fused-ring (bicyclic) bond motifs is 19. The van der Waals surface area contributed by atoms with Crippen LogP contribution in [0.1, 0.15) is 0 Å². The van der Waals surface area contributed by atoms with Gasteiger partial charge in [0.05, 0.1) is 55.3 Å². The van der Waals surface area contributed by atoms with E-state index in [0.29, 0.717) is 40.9 Å². The van der Waals surface area contributed by atoms with Gasteiger partial charge in [-0.05, 0) is 126 Å². The summed E-state index contributed by atoms with van der Waals surface area (Å²) in [5.41, 5.74) is 27.3. The second-order valence-corrected chi connectivity index (χ2v) is 36.6. The second kappa shape index (κ2) is 34.7. The molecule has 9 heterocycles. The smallest absolute Gasteiger partial charge is 0.235 e. The minimum absolute atomic E-state index is 0.623. The molecule has 0 amide bonds. The van der Waals surface area contributed by atoms with Gasteiger partial charge in [-0.3, -0.25) is 4.57 Å². The quantitative estimate of drug-likeness (QED) is 0.110. The molecule has 664 valence electrons. The van der Waals surface area contributed by atoms with Crippen LogP contribution in [0.4, 0.5) is 0 Å². The number of aromatic nitrogens is 12. The fraction of sp³-hybridized carbons (Fsp3) is 0. The van der Waals surface area contributed by atoms with Gasteiger partial charge in [0.25, 0.3) is 0 Å². The first-order valence-corrected chi connectivity index (χ1v) is 48.4. The molecule has 0 saturated heterocycles. The molecule has 0 unspecified atom stereocenters. The Bertz CT molecular complexity index is 9890. The number of benzene rings is 20. The van der Waals surface area contributed by atoms with Crippen LogP contribution in [0.15, 0.2) is 490 Å². The molecule has 0 fully saturated rings. The predicted octanol–water partition coefficient (Wildman–Crippen LogP) is 33.0. The Hall–Kier alpha value is -19.0. The van der Waals surface area contributed by atoms with E-state index in [0.717, 1.165) is 144 Å². The molecular weight excluding hydrogens is 1750 g/mol. The van der Waals surface area contributed by atoms with Crippen molar-refractivity contribution in [3.63, 3.8) is 0 Å². The molecule has 13 nitrogen and oxygen atoms in total. The summed E-state index contributed by atoms with van der Waals surface area (Å²) in [7, 11) is 0. The van der Waals surface area contributed by atoms with Gasteiger partial charge in [0.15, 0.2) is 34.9 Å². The minimum atomic E-state index is 0.623. The molecule has 0 saturated carbocycles. The molecule has 0 aliphatic rings. The average molecular weight is 1830 g/mol. The Morgan fingerprint density at radius 3 is 1.10 bits per heavy atom. The van der Waals surface area contributed by atoms with Crippen LogP contribution in [0, 0.1) is 0 Å². The van der Waals surface area contributed by atoms with E-state index in [1.807, 2.05) is 157 Å². The molecule has 0 aliphatic heterocycles. The summed E-state index contributed by atoms with van der Waals surface area (Å²) in [4.78, 5) is 40.2. The summed E-state index contributed by atoms with van der Waals surface area (Å²) in [6, 6.07) is 169. The van der Waals surface area contributed by atoms with Crippen molar-refractivity contribution in [3.05, 3.63) is 485 Å². The van der Waals surface area contributed by atoms with Crippen molar-refractivity contribution in [2.24, 2.45) is 0 Å². The van der Waals surface area contributed by atoms with Crippen LogP contribution >= 0.6 is 11.3 Å². The molecule has 0 aliphatic carbocycles. The molecule has 0 bridgehead atoms. The molecular formula is C128H80N12OS. The minimum Gasteiger partial charge on any atom is -0.455 e. The monoisotopic (exact) mass is 1830 g/mol. The Labute approximate surface area is 818 Å². The van der Waals surface area contributed by atoms with Crippen molar-refractivity contribution in [2.75, 3.05) is 0 Å². The number of furan rings is 1. The van der Waals surface area contributed by atoms with Gasteiger partial charge in [-0.15, -0.1) is 11.3 Å². The third-order valence-corrected chi connectivity index (χ3v) is 28.4. The maximum Gasteiger partial charge on any atom is 0.235 e. The van der Waals surface area contributed by atoms with E-state index < -0.39 is 0 Å². The zero-order chi connectivity index (χ0) is 93.7. The zero-order valence-corrected chi connectivity index (χ0v) is 77.2. The van der Waals surface area contributed by atoms with E-state index in [2.05, 4.69) is 358 Å². The van der Waals surface area contributed by atoms with Crippen molar-refractivity contribution in [1.29, 1.82) is 0 Å². The van der Waals surface area contributed by atoms with E-state index in [-0.39, 0.29) is 0 Å². The largest absolute Gasteiger partial charge is 0.455 e. The molecule has 9 aromatic heterocycles. The lowest BCUT2D eigenvalue weighted by molar-refractivity contribution is 0.670. The van der Waals surface area contributed by atoms with Crippen LogP contribution in [0.5, 0.6) is 0 Å². The van der Waals surface area contributed by atoms with Crippen LogP contribution < -0.4 is 0 Å². The molecule has 20 aromatic carbocycles. The van der Waals surface area contributed by atoms with Gasteiger partial charge < -0.3 is 18.1 Å². The number of thiophene rings is 1. The normalized spacial score (nSPS) is 11.7. The first-order valence-electron chi connectivity index (χ1n) is 47.6. The molecule has 142 heavy (non-hydrogen) atoms. The van der Waals surface area contributed by atoms with Crippen molar-refractivity contribution >= 4 is 152 Å². The third kappa shape index (κ3) is 14.4. The second-order valence-electron chi connectivity index (χ2n) is 35.6. The standard InChI is InChI=1S/C45H28N4O.C45H28N4S.C38H24N4/c1-3-13-29(14-4-1)43-46-44(30-15-5-2-6-16-30)48-45(47-43)32-17-11-18-33(27-32)49-39-23-9-7-19-35(39)36-26-25-31(28-40(36)49)34-21-12-22-38-37-20-8-10-24-41(37)50-42(34)38;1-3-13-29(14-4-1)43-46-44(30-15-5-2-6-16-30)48-45(47-43)32-17-11-18-33(27-32)49-39-23-9-7-19-35(39)38-28-31(25-26-40(38)49)34-21-12-22-37-36-20-8-10-24-41(36)50-42(34)37;1-3-13-25(14-4-1)37-29-19-7-10-20-32(29)39-38(40-37)42-34-22-12-9-18-28(34)31-23-30-27-17-8-11-21-33(27)41(35(30)24-36(31)42)26-15-5-2-6-16-26/h2*1-28H;1-24H. The van der Waals surface area contributed by atoms with Crippen LogP contribution in [0.3, 0.4) is 0 Å². The Balaban J connectivity index is 0.000000107. The van der Waals surface area contributed by atoms with Crippen molar-refractivity contribution in [3.8, 4) is 125 Å². The lowest BCUT2D eigenvalue weighted by Crippen LogP contribution is -2.03. The highest BCUT2D eigenvalue weighted by atomic mass is 32.1. The van der Waals surface area contributed by atoms with Gasteiger partial charge in [0.2, 0.25) is 5.95 Å². The van der Waals surface area contributed by atoms with E-state index in [9.17, 15) is 0 Å². The molecule has 29 rings (SSSR count). The first kappa shape index (κ1) is 82.4. The third-order valence-electron chi connectivity index (χ3n) is 27.2. The Morgan fingerprint density at radius 1 is 0.183 bits per heavy atom. The molecule has 0 N–H and O–H groups in total. The number of hydrogen-bond donors (Lipinski definition) is 0. The van der Waals surface area contributed by atoms with Crippen LogP contribution in [-0.4, -0.2) is 58.1 Å². The van der Waals surface area contributed by atoms with Crippen molar-refractivity contribution < 1.29 is 4.42 Å². The SMILES string of the molecule is c1ccc(-c2nc(-c3ccccc3)nc(-c3cccc(-n4c5ccccc5c5cc(-c6cccc7c6sc6ccccc67)ccc54)c3)n2)cc1.c1ccc(-c2nc(-c3ccccc3)nc(-c3cccc(-n4c5ccccc5c5ccc(-c6cccc7c6oc6ccccc67)cc54)c3)n2)cc1.c1ccc(-c2nc(-n3c4ccccc4c4cc5c6ccccc6n(-c6ccccc6)c5cc43)nc3ccccc23)cc1. The topological polar surface area (TPSA) is 136 Å². The summed E-state index contributed by atoms with van der Waals surface area (Å²) < 4.78 is 18.4. The highest BCUT2D eigenvalue weighted by Gasteiger charge is 2.26. The maximum atomic E-state index is 6.45. The van der Waals surface area contributed by atoms with E-state index in [4.69, 9.17) is 44.3 Å².